The van der Waals surface area contributed by atoms with Crippen molar-refractivity contribution in [1.82, 2.24) is 4.31 Å². The number of hydrogen-bond acceptors (Lipinski definition) is 4. The highest BCUT2D eigenvalue weighted by Crippen LogP contribution is 2.36. The number of aryl methyl sites for hydroxylation is 1. The molecule has 0 aromatic heterocycles. The van der Waals surface area contributed by atoms with Gasteiger partial charge in [0.05, 0.1) is 17.6 Å². The van der Waals surface area contributed by atoms with Gasteiger partial charge in [-0.1, -0.05) is 30.3 Å². The summed E-state index contributed by atoms with van der Waals surface area (Å²) in [6.45, 7) is 0. The molecule has 2 aromatic rings. The number of carbonyl (C=O) groups excluding carboxylic acids is 1. The van der Waals surface area contributed by atoms with E-state index in [1.165, 1.54) is 29.1 Å². The molecule has 2 aromatic carbocycles. The summed E-state index contributed by atoms with van der Waals surface area (Å²) in [6, 6.07) is 13.7. The number of ether oxygens (including phenoxy) is 1. The fourth-order valence-electron chi connectivity index (χ4n) is 3.34. The minimum atomic E-state index is -3.72. The third-order valence-electron chi connectivity index (χ3n) is 4.71. The average Bonchev–Trinajstić information content (AvgIpc) is 2.66. The average molecular weight is 359 g/mol. The van der Waals surface area contributed by atoms with Gasteiger partial charge in [-0.25, -0.2) is 13.2 Å². The molecule has 0 unspecified atom stereocenters. The van der Waals surface area contributed by atoms with Crippen LogP contribution in [0.3, 0.4) is 0 Å². The number of rotatable bonds is 4. The summed E-state index contributed by atoms with van der Waals surface area (Å²) in [5, 5.41) is 0. The summed E-state index contributed by atoms with van der Waals surface area (Å²) < 4.78 is 32.3. The molecule has 3 rings (SSSR count). The number of fused-ring (bicyclic) bond motifs is 1. The van der Waals surface area contributed by atoms with Crippen molar-refractivity contribution in [3.8, 4) is 0 Å². The maximum atomic E-state index is 13.1. The Kier molecular flexibility index (Phi) is 4.92. The van der Waals surface area contributed by atoms with E-state index in [0.717, 1.165) is 24.8 Å². The maximum Gasteiger partial charge on any atom is 0.337 e. The van der Waals surface area contributed by atoms with Gasteiger partial charge in [0.2, 0.25) is 10.0 Å². The van der Waals surface area contributed by atoms with Gasteiger partial charge in [0.15, 0.2) is 0 Å². The molecule has 6 heteroatoms. The molecule has 5 nitrogen and oxygen atoms in total. The number of benzene rings is 2. The van der Waals surface area contributed by atoms with Crippen LogP contribution in [0.2, 0.25) is 0 Å². The molecule has 0 fully saturated rings. The first-order valence-electron chi connectivity index (χ1n) is 8.19. The molecule has 0 saturated carbocycles. The van der Waals surface area contributed by atoms with Crippen molar-refractivity contribution in [3.05, 3.63) is 65.2 Å². The first-order valence-corrected chi connectivity index (χ1v) is 9.63. The lowest BCUT2D eigenvalue weighted by Crippen LogP contribution is -2.33. The third kappa shape index (κ3) is 3.32. The second-order valence-electron chi connectivity index (χ2n) is 6.15. The van der Waals surface area contributed by atoms with E-state index >= 15 is 0 Å². The fraction of sp³-hybridized carbons (Fsp3) is 0.316. The van der Waals surface area contributed by atoms with Crippen LogP contribution in [-0.2, 0) is 21.2 Å². The quantitative estimate of drug-likeness (QED) is 0.787. The van der Waals surface area contributed by atoms with Crippen molar-refractivity contribution < 1.29 is 17.9 Å². The van der Waals surface area contributed by atoms with Crippen molar-refractivity contribution in [2.45, 2.75) is 30.2 Å². The number of esters is 1. The summed E-state index contributed by atoms with van der Waals surface area (Å²) in [7, 11) is -0.844. The van der Waals surface area contributed by atoms with Crippen LogP contribution in [0.15, 0.2) is 53.4 Å². The van der Waals surface area contributed by atoms with E-state index in [1.807, 2.05) is 18.2 Å². The molecule has 0 heterocycles. The largest absolute Gasteiger partial charge is 0.465 e. The minimum Gasteiger partial charge on any atom is -0.465 e. The Balaban J connectivity index is 1.97. The Morgan fingerprint density at radius 3 is 2.68 bits per heavy atom. The number of carbonyl (C=O) groups is 1. The maximum absolute atomic E-state index is 13.1. The Bertz CT molecular complexity index is 892. The van der Waals surface area contributed by atoms with E-state index in [2.05, 4.69) is 10.8 Å². The van der Waals surface area contributed by atoms with E-state index in [0.29, 0.717) is 0 Å². The summed E-state index contributed by atoms with van der Waals surface area (Å²) in [5.41, 5.74) is 2.48. The normalized spacial score (nSPS) is 17.2. The SMILES string of the molecule is COC(=O)c1cccc(S(=O)(=O)N(C)[C@@H]2CCCc3ccccc32)c1. The highest BCUT2D eigenvalue weighted by molar-refractivity contribution is 7.89. The molecule has 132 valence electrons. The Morgan fingerprint density at radius 2 is 1.92 bits per heavy atom. The summed E-state index contributed by atoms with van der Waals surface area (Å²) in [5.74, 6) is -0.553. The zero-order valence-corrected chi connectivity index (χ0v) is 15.1. The highest BCUT2D eigenvalue weighted by Gasteiger charge is 2.32. The molecule has 0 N–H and O–H groups in total. The highest BCUT2D eigenvalue weighted by atomic mass is 32.2. The lowest BCUT2D eigenvalue weighted by molar-refractivity contribution is 0.0600. The number of sulfonamides is 1. The van der Waals surface area contributed by atoms with E-state index in [-0.39, 0.29) is 16.5 Å². The number of methoxy groups -OCH3 is 1. The van der Waals surface area contributed by atoms with E-state index < -0.39 is 16.0 Å². The Labute approximate surface area is 148 Å². The molecule has 0 radical (unpaired) electrons. The van der Waals surface area contributed by atoms with Crippen molar-refractivity contribution in [1.29, 1.82) is 0 Å². The van der Waals surface area contributed by atoms with Crippen molar-refractivity contribution in [3.63, 3.8) is 0 Å². The van der Waals surface area contributed by atoms with Gasteiger partial charge in [0.25, 0.3) is 0 Å². The summed E-state index contributed by atoms with van der Waals surface area (Å²) >= 11 is 0. The lowest BCUT2D eigenvalue weighted by atomic mass is 9.88. The predicted octanol–water partition coefficient (Wildman–Crippen LogP) is 3.17. The van der Waals surface area contributed by atoms with Gasteiger partial charge in [0.1, 0.15) is 0 Å². The Hall–Kier alpha value is -2.18. The van der Waals surface area contributed by atoms with Gasteiger partial charge in [-0.3, -0.25) is 0 Å². The molecule has 25 heavy (non-hydrogen) atoms. The molecule has 0 bridgehead atoms. The van der Waals surface area contributed by atoms with Crippen LogP contribution in [0.1, 0.15) is 40.4 Å². The van der Waals surface area contributed by atoms with E-state index in [9.17, 15) is 13.2 Å². The molecular formula is C19H21NO4S. The second kappa shape index (κ2) is 6.98. The molecule has 0 saturated heterocycles. The van der Waals surface area contributed by atoms with Gasteiger partial charge >= 0.3 is 5.97 Å². The van der Waals surface area contributed by atoms with Crippen LogP contribution < -0.4 is 0 Å². The van der Waals surface area contributed by atoms with Gasteiger partial charge < -0.3 is 4.74 Å². The van der Waals surface area contributed by atoms with Crippen molar-refractivity contribution in [2.24, 2.45) is 0 Å². The molecule has 1 aliphatic rings. The van der Waals surface area contributed by atoms with Gasteiger partial charge in [-0.15, -0.1) is 0 Å². The molecule has 1 aliphatic carbocycles. The molecule has 0 aliphatic heterocycles. The zero-order valence-electron chi connectivity index (χ0n) is 14.3. The van der Waals surface area contributed by atoms with Crippen molar-refractivity contribution in [2.75, 3.05) is 14.2 Å². The van der Waals surface area contributed by atoms with Crippen LogP contribution in [0.5, 0.6) is 0 Å². The summed E-state index contributed by atoms with van der Waals surface area (Å²) in [4.78, 5) is 11.8. The topological polar surface area (TPSA) is 63.7 Å². The zero-order chi connectivity index (χ0) is 18.0. The monoisotopic (exact) mass is 359 g/mol. The van der Waals surface area contributed by atoms with Gasteiger partial charge in [0, 0.05) is 13.1 Å². The lowest BCUT2D eigenvalue weighted by Gasteiger charge is -2.32. The van der Waals surface area contributed by atoms with Crippen LogP contribution in [0.25, 0.3) is 0 Å². The van der Waals surface area contributed by atoms with E-state index in [1.54, 1.807) is 19.2 Å². The first-order chi connectivity index (χ1) is 11.9. The minimum absolute atomic E-state index is 0.0981. The molecular weight excluding hydrogens is 338 g/mol. The summed E-state index contributed by atoms with van der Waals surface area (Å²) in [6.07, 6.45) is 2.70. The first kappa shape index (κ1) is 17.6. The van der Waals surface area contributed by atoms with Gasteiger partial charge in [-0.2, -0.15) is 4.31 Å². The van der Waals surface area contributed by atoms with Crippen LogP contribution in [0.4, 0.5) is 0 Å². The van der Waals surface area contributed by atoms with Crippen LogP contribution in [0, 0.1) is 0 Å². The molecule has 1 atom stereocenters. The second-order valence-corrected chi connectivity index (χ2v) is 8.15. The third-order valence-corrected chi connectivity index (χ3v) is 6.57. The predicted molar refractivity (Wildman–Crippen MR) is 94.9 cm³/mol. The van der Waals surface area contributed by atoms with E-state index in [4.69, 9.17) is 0 Å². The van der Waals surface area contributed by atoms with Gasteiger partial charge in [-0.05, 0) is 48.6 Å². The smallest absolute Gasteiger partial charge is 0.337 e. The fourth-order valence-corrected chi connectivity index (χ4v) is 4.75. The van der Waals surface area contributed by atoms with Crippen molar-refractivity contribution >= 4 is 16.0 Å². The van der Waals surface area contributed by atoms with Crippen LogP contribution >= 0.6 is 0 Å². The Morgan fingerprint density at radius 1 is 1.16 bits per heavy atom. The number of hydrogen-bond donors (Lipinski definition) is 0. The molecule has 0 amide bonds. The molecule has 0 spiro atoms. The number of nitrogens with zero attached hydrogens (tertiary/aromatic N) is 1. The standard InChI is InChI=1S/C19H21NO4S/c1-20(18-12-6-8-14-7-3-4-11-17(14)18)25(22,23)16-10-5-9-15(13-16)19(21)24-2/h3-5,7,9-11,13,18H,6,8,12H2,1-2H3/t18-/m1/s1. The van der Waals surface area contributed by atoms with Crippen LogP contribution in [-0.4, -0.2) is 32.8 Å².